The second kappa shape index (κ2) is 14.5. The Balaban J connectivity index is 1.40. The maximum absolute atomic E-state index is 14.0. The number of rotatable bonds is 10. The van der Waals surface area contributed by atoms with Gasteiger partial charge in [0.1, 0.15) is 12.4 Å². The van der Waals surface area contributed by atoms with Gasteiger partial charge in [0.15, 0.2) is 12.5 Å². The van der Waals surface area contributed by atoms with Crippen molar-refractivity contribution in [3.05, 3.63) is 66.2 Å². The number of amides is 3. The van der Waals surface area contributed by atoms with Crippen LogP contribution < -0.4 is 15.0 Å². The van der Waals surface area contributed by atoms with Gasteiger partial charge in [0, 0.05) is 31.3 Å². The van der Waals surface area contributed by atoms with Crippen molar-refractivity contribution >= 4 is 29.3 Å². The first-order valence-corrected chi connectivity index (χ1v) is 15.2. The summed E-state index contributed by atoms with van der Waals surface area (Å²) in [5.41, 5.74) is 2.26. The Morgan fingerprint density at radius 3 is 2.70 bits per heavy atom. The standard InChI is InChI=1S/C33H41N3O7/c1-3-18-42-33(39)36-27-22-28(40-20-11-15-29(37)34-24-12-5-4-6-13-24)23(2)21-25(27)31(38)35-17-9-7-14-26(35)32(36)43-30-16-8-10-19-41-30/h3-6,12-13,21-22,26,30,32H,1,7-11,14-20H2,2H3,(H,34,37)/t26-,30?,32?/m0/s1. The Hall–Kier alpha value is -3.89. The lowest BCUT2D eigenvalue weighted by Crippen LogP contribution is -2.57. The minimum Gasteiger partial charge on any atom is -0.493 e. The number of aryl methyl sites for hydroxylation is 1. The monoisotopic (exact) mass is 591 g/mol. The zero-order chi connectivity index (χ0) is 30.2. The summed E-state index contributed by atoms with van der Waals surface area (Å²) in [7, 11) is 0. The number of carbonyl (C=O) groups is 3. The van der Waals surface area contributed by atoms with Gasteiger partial charge in [0.25, 0.3) is 5.91 Å². The second-order valence-corrected chi connectivity index (χ2v) is 11.1. The fourth-order valence-corrected chi connectivity index (χ4v) is 5.86. The Bertz CT molecular complexity index is 1290. The molecule has 2 fully saturated rings. The normalized spacial score (nSPS) is 21.7. The third-order valence-electron chi connectivity index (χ3n) is 7.99. The summed E-state index contributed by atoms with van der Waals surface area (Å²) < 4.78 is 24.1. The van der Waals surface area contributed by atoms with Crippen LogP contribution in [0.2, 0.25) is 0 Å². The summed E-state index contributed by atoms with van der Waals surface area (Å²) in [6.07, 6.45) is 5.46. The van der Waals surface area contributed by atoms with E-state index in [2.05, 4.69) is 11.9 Å². The summed E-state index contributed by atoms with van der Waals surface area (Å²) in [5.74, 6) is 0.268. The van der Waals surface area contributed by atoms with E-state index in [-0.39, 0.29) is 37.5 Å². The van der Waals surface area contributed by atoms with Crippen molar-refractivity contribution in [1.29, 1.82) is 0 Å². The van der Waals surface area contributed by atoms with Crippen LogP contribution in [-0.2, 0) is 19.0 Å². The molecule has 1 N–H and O–H groups in total. The van der Waals surface area contributed by atoms with Crippen LogP contribution in [0.5, 0.6) is 5.75 Å². The maximum atomic E-state index is 14.0. The molecule has 0 aromatic heterocycles. The molecule has 0 saturated carbocycles. The fraction of sp³-hybridized carbons (Fsp3) is 0.485. The third kappa shape index (κ3) is 7.37. The highest BCUT2D eigenvalue weighted by atomic mass is 16.7. The van der Waals surface area contributed by atoms with Crippen LogP contribution in [0.15, 0.2) is 55.1 Å². The summed E-state index contributed by atoms with van der Waals surface area (Å²) in [6, 6.07) is 12.4. The van der Waals surface area contributed by atoms with Crippen LogP contribution in [0.4, 0.5) is 16.2 Å². The molecule has 0 radical (unpaired) electrons. The molecule has 2 aromatic carbocycles. The van der Waals surface area contributed by atoms with E-state index in [0.29, 0.717) is 49.4 Å². The van der Waals surface area contributed by atoms with E-state index in [1.165, 1.54) is 11.0 Å². The molecule has 3 aliphatic rings. The number of para-hydroxylation sites is 1. The highest BCUT2D eigenvalue weighted by Gasteiger charge is 2.46. The second-order valence-electron chi connectivity index (χ2n) is 11.1. The molecule has 3 aliphatic heterocycles. The number of anilines is 2. The number of fused-ring (bicyclic) bond motifs is 2. The van der Waals surface area contributed by atoms with Crippen molar-refractivity contribution in [3.63, 3.8) is 0 Å². The summed E-state index contributed by atoms with van der Waals surface area (Å²) >= 11 is 0. The largest absolute Gasteiger partial charge is 0.493 e. The number of hydrogen-bond acceptors (Lipinski definition) is 7. The molecule has 230 valence electrons. The van der Waals surface area contributed by atoms with Gasteiger partial charge in [-0.15, -0.1) is 0 Å². The van der Waals surface area contributed by atoms with Crippen molar-refractivity contribution in [3.8, 4) is 5.75 Å². The van der Waals surface area contributed by atoms with Crippen molar-refractivity contribution in [2.75, 3.05) is 36.6 Å². The molecule has 0 aliphatic carbocycles. The van der Waals surface area contributed by atoms with Gasteiger partial charge >= 0.3 is 6.09 Å². The Kier molecular flexibility index (Phi) is 10.3. The van der Waals surface area contributed by atoms with Gasteiger partial charge < -0.3 is 29.2 Å². The van der Waals surface area contributed by atoms with Crippen LogP contribution in [0, 0.1) is 6.92 Å². The number of benzene rings is 2. The van der Waals surface area contributed by atoms with E-state index in [1.54, 1.807) is 12.1 Å². The van der Waals surface area contributed by atoms with Crippen molar-refractivity contribution in [2.24, 2.45) is 0 Å². The molecule has 10 nitrogen and oxygen atoms in total. The van der Waals surface area contributed by atoms with Gasteiger partial charge in [0.05, 0.1) is 23.9 Å². The molecule has 2 saturated heterocycles. The highest BCUT2D eigenvalue weighted by Crippen LogP contribution is 2.40. The fourth-order valence-electron chi connectivity index (χ4n) is 5.86. The quantitative estimate of drug-likeness (QED) is 0.275. The number of nitrogens with zero attached hydrogens (tertiary/aromatic N) is 2. The minimum atomic E-state index is -0.803. The lowest BCUT2D eigenvalue weighted by Gasteiger charge is -2.42. The molecule has 43 heavy (non-hydrogen) atoms. The number of ether oxygens (including phenoxy) is 4. The summed E-state index contributed by atoms with van der Waals surface area (Å²) in [4.78, 5) is 43.4. The van der Waals surface area contributed by atoms with Gasteiger partial charge in [-0.25, -0.2) is 9.69 Å². The summed E-state index contributed by atoms with van der Waals surface area (Å²) in [5, 5.41) is 2.88. The van der Waals surface area contributed by atoms with Gasteiger partial charge in [-0.2, -0.15) is 0 Å². The molecular weight excluding hydrogens is 550 g/mol. The SMILES string of the molecule is C=CCOC(=O)N1c2cc(OCCCC(=O)Nc3ccccc3)c(C)cc2C(=O)N2CCCC[C@H]2C1OC1CCCCO1. The minimum absolute atomic E-state index is 0.0138. The van der Waals surface area contributed by atoms with E-state index < -0.39 is 18.6 Å². The van der Waals surface area contributed by atoms with Crippen molar-refractivity contribution in [2.45, 2.75) is 76.9 Å². The molecule has 10 heteroatoms. The third-order valence-corrected chi connectivity index (χ3v) is 7.99. The molecule has 3 atom stereocenters. The van der Waals surface area contributed by atoms with E-state index >= 15 is 0 Å². The lowest BCUT2D eigenvalue weighted by molar-refractivity contribution is -0.198. The predicted octanol–water partition coefficient (Wildman–Crippen LogP) is 5.80. The smallest absolute Gasteiger partial charge is 0.416 e. The molecular formula is C33H41N3O7. The highest BCUT2D eigenvalue weighted by molar-refractivity contribution is 6.05. The lowest BCUT2D eigenvalue weighted by atomic mass is 10.00. The van der Waals surface area contributed by atoms with E-state index in [4.69, 9.17) is 18.9 Å². The first-order valence-electron chi connectivity index (χ1n) is 15.2. The molecule has 2 aromatic rings. The van der Waals surface area contributed by atoms with Gasteiger partial charge in [-0.3, -0.25) is 9.59 Å². The average Bonchev–Trinajstić information content (AvgIpc) is 3.12. The van der Waals surface area contributed by atoms with E-state index in [1.807, 2.05) is 42.2 Å². The Morgan fingerprint density at radius 1 is 1.12 bits per heavy atom. The molecule has 3 heterocycles. The van der Waals surface area contributed by atoms with Crippen molar-refractivity contribution < 1.29 is 33.3 Å². The van der Waals surface area contributed by atoms with E-state index in [0.717, 1.165) is 36.9 Å². The topological polar surface area (TPSA) is 107 Å². The number of hydrogen-bond donors (Lipinski definition) is 1. The molecule has 5 rings (SSSR count). The van der Waals surface area contributed by atoms with Gasteiger partial charge in [-0.1, -0.05) is 30.9 Å². The Morgan fingerprint density at radius 2 is 1.93 bits per heavy atom. The van der Waals surface area contributed by atoms with Gasteiger partial charge in [-0.05, 0) is 75.6 Å². The number of piperidine rings is 1. The molecule has 0 spiro atoms. The molecule has 0 bridgehead atoms. The van der Waals surface area contributed by atoms with Crippen LogP contribution in [-0.4, -0.2) is 67.7 Å². The first-order chi connectivity index (χ1) is 21.0. The first kappa shape index (κ1) is 30.6. The molecule has 3 amide bonds. The van der Waals surface area contributed by atoms with Gasteiger partial charge in [0.2, 0.25) is 5.91 Å². The number of nitrogens with one attached hydrogen (secondary N) is 1. The Labute approximate surface area is 252 Å². The zero-order valence-corrected chi connectivity index (χ0v) is 24.8. The predicted molar refractivity (Wildman–Crippen MR) is 162 cm³/mol. The van der Waals surface area contributed by atoms with Crippen LogP contribution in [0.25, 0.3) is 0 Å². The summed E-state index contributed by atoms with van der Waals surface area (Å²) in [6.45, 7) is 7.00. The van der Waals surface area contributed by atoms with Crippen LogP contribution >= 0.6 is 0 Å². The van der Waals surface area contributed by atoms with Crippen molar-refractivity contribution in [1.82, 2.24) is 4.90 Å². The van der Waals surface area contributed by atoms with Crippen LogP contribution in [0.3, 0.4) is 0 Å². The average molecular weight is 592 g/mol. The number of carbonyl (C=O) groups excluding carboxylic acids is 3. The van der Waals surface area contributed by atoms with E-state index in [9.17, 15) is 14.4 Å². The zero-order valence-electron chi connectivity index (χ0n) is 24.8. The maximum Gasteiger partial charge on any atom is 0.416 e. The van der Waals surface area contributed by atoms with Crippen LogP contribution in [0.1, 0.15) is 67.3 Å². The molecule has 2 unspecified atom stereocenters.